The van der Waals surface area contributed by atoms with Crippen LogP contribution in [0.5, 0.6) is 0 Å². The summed E-state index contributed by atoms with van der Waals surface area (Å²) in [6.45, 7) is 2.11. The van der Waals surface area contributed by atoms with Crippen molar-refractivity contribution in [1.29, 1.82) is 0 Å². The molecule has 0 aliphatic heterocycles. The Kier molecular flexibility index (Phi) is 3.02. The molecule has 5 heteroatoms. The Morgan fingerprint density at radius 2 is 2.46 bits per heavy atom. The number of hydrogen-bond donors (Lipinski definition) is 1. The van der Waals surface area contributed by atoms with Crippen molar-refractivity contribution in [3.05, 3.63) is 28.4 Å². The van der Waals surface area contributed by atoms with E-state index in [1.165, 1.54) is 10.6 Å². The van der Waals surface area contributed by atoms with E-state index in [4.69, 9.17) is 0 Å². The van der Waals surface area contributed by atoms with Crippen molar-refractivity contribution in [2.24, 2.45) is 0 Å². The van der Waals surface area contributed by atoms with Gasteiger partial charge in [0.15, 0.2) is 0 Å². The molecule has 5 nitrogen and oxygen atoms in total. The summed E-state index contributed by atoms with van der Waals surface area (Å²) < 4.78 is 1.44. The molecule has 1 N–H and O–H groups in total. The van der Waals surface area contributed by atoms with E-state index in [0.717, 1.165) is 0 Å². The molecule has 0 saturated carbocycles. The minimum absolute atomic E-state index is 0.0208. The summed E-state index contributed by atoms with van der Waals surface area (Å²) in [6.07, 6.45) is 1.66. The molecule has 1 unspecified atom stereocenters. The molecule has 0 aliphatic rings. The minimum atomic E-state index is -0.522. The molecule has 1 aromatic rings. The monoisotopic (exact) mass is 184 g/mol. The molecule has 0 aliphatic carbocycles. The van der Waals surface area contributed by atoms with Crippen LogP contribution in [0.25, 0.3) is 0 Å². The third-order valence-electron chi connectivity index (χ3n) is 1.87. The van der Waals surface area contributed by atoms with Crippen LogP contribution in [0, 0.1) is 10.1 Å². The fourth-order valence-electron chi connectivity index (χ4n) is 1.08. The summed E-state index contributed by atoms with van der Waals surface area (Å²) >= 11 is 0. The summed E-state index contributed by atoms with van der Waals surface area (Å²) in [6, 6.07) is 3.02. The number of aliphatic hydroxyl groups is 1. The normalized spacial score (nSPS) is 12.8. The van der Waals surface area contributed by atoms with E-state index in [1.54, 1.807) is 12.3 Å². The SMILES string of the molecule is CCC(O)Cn1cccc1[N+](=O)[O-]. The summed E-state index contributed by atoms with van der Waals surface area (Å²) in [5, 5.41) is 19.7. The third kappa shape index (κ3) is 2.29. The predicted molar refractivity (Wildman–Crippen MR) is 47.4 cm³/mol. The fourth-order valence-corrected chi connectivity index (χ4v) is 1.08. The summed E-state index contributed by atoms with van der Waals surface area (Å²) in [4.78, 5) is 10.00. The van der Waals surface area contributed by atoms with Crippen LogP contribution in [0.15, 0.2) is 18.3 Å². The quantitative estimate of drug-likeness (QED) is 0.564. The van der Waals surface area contributed by atoms with E-state index in [1.807, 2.05) is 6.92 Å². The first-order valence-corrected chi connectivity index (χ1v) is 4.12. The Hall–Kier alpha value is -1.36. The summed E-state index contributed by atoms with van der Waals surface area (Å²) in [5.41, 5.74) is 0. The topological polar surface area (TPSA) is 68.3 Å². The van der Waals surface area contributed by atoms with Gasteiger partial charge in [-0.1, -0.05) is 6.92 Å². The zero-order valence-corrected chi connectivity index (χ0v) is 7.38. The van der Waals surface area contributed by atoms with Gasteiger partial charge in [-0.3, -0.25) is 0 Å². The molecule has 1 atom stereocenters. The van der Waals surface area contributed by atoms with Crippen LogP contribution < -0.4 is 0 Å². The van der Waals surface area contributed by atoms with Gasteiger partial charge in [-0.2, -0.15) is 0 Å². The van der Waals surface area contributed by atoms with Crippen molar-refractivity contribution in [2.75, 3.05) is 0 Å². The Bertz CT molecular complexity index is 295. The van der Waals surface area contributed by atoms with E-state index in [2.05, 4.69) is 0 Å². The van der Waals surface area contributed by atoms with Crippen LogP contribution in [0.2, 0.25) is 0 Å². The first-order chi connectivity index (χ1) is 6.15. The van der Waals surface area contributed by atoms with Gasteiger partial charge in [-0.05, 0) is 17.4 Å². The Morgan fingerprint density at radius 3 is 3.00 bits per heavy atom. The van der Waals surface area contributed by atoms with Crippen LogP contribution in [-0.2, 0) is 6.54 Å². The number of aliphatic hydroxyl groups excluding tert-OH is 1. The first kappa shape index (κ1) is 9.73. The van der Waals surface area contributed by atoms with Crippen molar-refractivity contribution < 1.29 is 10.0 Å². The van der Waals surface area contributed by atoms with Crippen LogP contribution in [0.4, 0.5) is 5.82 Å². The fraction of sp³-hybridized carbons (Fsp3) is 0.500. The Balaban J connectivity index is 2.76. The number of aromatic nitrogens is 1. The van der Waals surface area contributed by atoms with Crippen molar-refractivity contribution in [3.63, 3.8) is 0 Å². The van der Waals surface area contributed by atoms with Gasteiger partial charge in [0, 0.05) is 6.07 Å². The Labute approximate surface area is 75.8 Å². The van der Waals surface area contributed by atoms with Gasteiger partial charge in [0.05, 0.1) is 12.3 Å². The second-order valence-electron chi connectivity index (χ2n) is 2.84. The lowest BCUT2D eigenvalue weighted by molar-refractivity contribution is -0.392. The maximum atomic E-state index is 10.5. The standard InChI is InChI=1S/C8H12N2O3/c1-2-7(11)6-9-5-3-4-8(9)10(12)13/h3-5,7,11H,2,6H2,1H3. The van der Waals surface area contributed by atoms with Gasteiger partial charge in [-0.15, -0.1) is 0 Å². The molecule has 0 radical (unpaired) electrons. The zero-order valence-electron chi connectivity index (χ0n) is 7.38. The van der Waals surface area contributed by atoms with E-state index < -0.39 is 11.0 Å². The summed E-state index contributed by atoms with van der Waals surface area (Å²) in [5.74, 6) is 0.0208. The van der Waals surface area contributed by atoms with Crippen LogP contribution in [-0.4, -0.2) is 20.7 Å². The van der Waals surface area contributed by atoms with E-state index in [-0.39, 0.29) is 12.4 Å². The second-order valence-corrected chi connectivity index (χ2v) is 2.84. The van der Waals surface area contributed by atoms with Crippen molar-refractivity contribution >= 4 is 5.82 Å². The summed E-state index contributed by atoms with van der Waals surface area (Å²) in [7, 11) is 0. The molecular formula is C8H12N2O3. The van der Waals surface area contributed by atoms with Gasteiger partial charge in [0.25, 0.3) is 0 Å². The predicted octanol–water partition coefficient (Wildman–Crippen LogP) is 1.17. The Morgan fingerprint density at radius 1 is 1.77 bits per heavy atom. The van der Waals surface area contributed by atoms with Crippen molar-refractivity contribution in [1.82, 2.24) is 4.57 Å². The van der Waals surface area contributed by atoms with Gasteiger partial charge in [0.2, 0.25) is 0 Å². The molecule has 0 saturated heterocycles. The lowest BCUT2D eigenvalue weighted by Crippen LogP contribution is -2.15. The highest BCUT2D eigenvalue weighted by Gasteiger charge is 2.14. The maximum Gasteiger partial charge on any atom is 0.323 e. The van der Waals surface area contributed by atoms with Crippen molar-refractivity contribution in [3.8, 4) is 0 Å². The molecule has 0 bridgehead atoms. The largest absolute Gasteiger partial charge is 0.389 e. The highest BCUT2D eigenvalue weighted by molar-refractivity contribution is 5.21. The molecule has 0 spiro atoms. The third-order valence-corrected chi connectivity index (χ3v) is 1.87. The molecule has 0 aromatic carbocycles. The lowest BCUT2D eigenvalue weighted by Gasteiger charge is -2.05. The van der Waals surface area contributed by atoms with Gasteiger partial charge < -0.3 is 15.2 Å². The highest BCUT2D eigenvalue weighted by atomic mass is 16.6. The number of nitro groups is 1. The van der Waals surface area contributed by atoms with E-state index in [9.17, 15) is 15.2 Å². The van der Waals surface area contributed by atoms with Crippen LogP contribution in [0.1, 0.15) is 13.3 Å². The number of rotatable bonds is 4. The maximum absolute atomic E-state index is 10.5. The van der Waals surface area contributed by atoms with Crippen LogP contribution in [0.3, 0.4) is 0 Å². The smallest absolute Gasteiger partial charge is 0.323 e. The molecule has 1 rings (SSSR count). The molecule has 0 amide bonds. The second kappa shape index (κ2) is 4.04. The molecule has 0 fully saturated rings. The molecular weight excluding hydrogens is 172 g/mol. The average molecular weight is 184 g/mol. The molecule has 13 heavy (non-hydrogen) atoms. The van der Waals surface area contributed by atoms with Gasteiger partial charge in [-0.25, -0.2) is 4.57 Å². The first-order valence-electron chi connectivity index (χ1n) is 4.12. The van der Waals surface area contributed by atoms with Crippen LogP contribution >= 0.6 is 0 Å². The molecule has 1 heterocycles. The minimum Gasteiger partial charge on any atom is -0.389 e. The molecule has 1 aromatic heterocycles. The van der Waals surface area contributed by atoms with E-state index in [0.29, 0.717) is 6.42 Å². The number of nitrogens with zero attached hydrogens (tertiary/aromatic N) is 2. The zero-order chi connectivity index (χ0) is 9.84. The van der Waals surface area contributed by atoms with Gasteiger partial charge in [0.1, 0.15) is 6.54 Å². The van der Waals surface area contributed by atoms with Crippen molar-refractivity contribution in [2.45, 2.75) is 26.0 Å². The highest BCUT2D eigenvalue weighted by Crippen LogP contribution is 2.12. The van der Waals surface area contributed by atoms with E-state index >= 15 is 0 Å². The number of hydrogen-bond acceptors (Lipinski definition) is 3. The molecule has 72 valence electrons. The average Bonchev–Trinajstić information content (AvgIpc) is 2.52. The lowest BCUT2D eigenvalue weighted by atomic mass is 10.3. The van der Waals surface area contributed by atoms with Gasteiger partial charge >= 0.3 is 5.82 Å².